The van der Waals surface area contributed by atoms with Gasteiger partial charge in [-0.3, -0.25) is 9.59 Å². The molecule has 1 aliphatic heterocycles. The molecular weight excluding hydrogens is 368 g/mol. The van der Waals surface area contributed by atoms with Crippen molar-refractivity contribution in [2.45, 2.75) is 26.1 Å². The summed E-state index contributed by atoms with van der Waals surface area (Å²) in [6, 6.07) is 6.78. The highest BCUT2D eigenvalue weighted by Crippen LogP contribution is 2.27. The van der Waals surface area contributed by atoms with Gasteiger partial charge < -0.3 is 20.6 Å². The van der Waals surface area contributed by atoms with Crippen LogP contribution in [0.5, 0.6) is 0 Å². The topological polar surface area (TPSA) is 81.7 Å². The first-order valence-corrected chi connectivity index (χ1v) is 8.87. The fourth-order valence-corrected chi connectivity index (χ4v) is 3.28. The van der Waals surface area contributed by atoms with Gasteiger partial charge in [-0.25, -0.2) is 8.78 Å². The number of likely N-dealkylation sites (N-methyl/N-ethyl adjacent to an activating group) is 1. The lowest BCUT2D eigenvalue weighted by molar-refractivity contribution is -0.142. The number of carbonyl (C=O) groups excluding carboxylic acids is 2. The molecule has 0 saturated heterocycles. The van der Waals surface area contributed by atoms with Gasteiger partial charge in [0.15, 0.2) is 0 Å². The van der Waals surface area contributed by atoms with Crippen molar-refractivity contribution in [2.24, 2.45) is 0 Å². The molecule has 148 valence electrons. The number of amides is 2. The number of anilines is 1. The first-order chi connectivity index (χ1) is 13.4. The average Bonchev–Trinajstić information content (AvgIpc) is 2.70. The Bertz CT molecular complexity index is 898. The van der Waals surface area contributed by atoms with Crippen molar-refractivity contribution in [3.63, 3.8) is 0 Å². The van der Waals surface area contributed by atoms with Gasteiger partial charge in [-0.1, -0.05) is 12.1 Å². The molecule has 1 aliphatic rings. The Morgan fingerprint density at radius 2 is 1.89 bits per heavy atom. The molecule has 2 amide bonds. The van der Waals surface area contributed by atoms with Crippen LogP contribution < -0.4 is 10.6 Å². The molecule has 0 fully saturated rings. The van der Waals surface area contributed by atoms with Gasteiger partial charge in [0.1, 0.15) is 11.6 Å². The Morgan fingerprint density at radius 3 is 2.57 bits per heavy atom. The molecule has 0 radical (unpaired) electrons. The highest BCUT2D eigenvalue weighted by atomic mass is 19.1. The molecule has 0 bridgehead atoms. The van der Waals surface area contributed by atoms with Crippen molar-refractivity contribution in [2.75, 3.05) is 18.9 Å². The Morgan fingerprint density at radius 1 is 1.18 bits per heavy atom. The number of aliphatic hydroxyl groups is 1. The summed E-state index contributed by atoms with van der Waals surface area (Å²) in [7, 11) is 1.31. The summed E-state index contributed by atoms with van der Waals surface area (Å²) in [5.41, 5.74) is 2.76. The van der Waals surface area contributed by atoms with Crippen molar-refractivity contribution in [1.29, 1.82) is 0 Å². The monoisotopic (exact) mass is 389 g/mol. The summed E-state index contributed by atoms with van der Waals surface area (Å²) in [6.07, 6.45) is 0.642. The number of carbonyl (C=O) groups is 2. The number of rotatable bonds is 4. The number of hydrogen-bond donors (Lipinski definition) is 3. The molecule has 2 aromatic rings. The third kappa shape index (κ3) is 4.02. The zero-order chi connectivity index (χ0) is 20.3. The van der Waals surface area contributed by atoms with Crippen LogP contribution in [-0.4, -0.2) is 35.4 Å². The standard InChI is InChI=1S/C20H21F2N3O3/c1-25(10-15-16(21)3-2-4-17(15)22)20(28)19(27)24-18-6-5-12(11-26)14-9-23-8-7-13(14)18/h2-6,23,26H,7-11H2,1H3,(H,24,27). The summed E-state index contributed by atoms with van der Waals surface area (Å²) in [6.45, 7) is 0.796. The maximum absolute atomic E-state index is 13.8. The number of nitrogens with one attached hydrogen (secondary N) is 2. The molecule has 2 aromatic carbocycles. The fourth-order valence-electron chi connectivity index (χ4n) is 3.28. The van der Waals surface area contributed by atoms with Gasteiger partial charge >= 0.3 is 11.8 Å². The predicted molar refractivity (Wildman–Crippen MR) is 99.2 cm³/mol. The number of fused-ring (bicyclic) bond motifs is 1. The number of hydrogen-bond acceptors (Lipinski definition) is 4. The van der Waals surface area contributed by atoms with Crippen LogP contribution in [-0.2, 0) is 35.7 Å². The Kier molecular flexibility index (Phi) is 6.01. The van der Waals surface area contributed by atoms with Gasteiger partial charge in [0.2, 0.25) is 0 Å². The highest BCUT2D eigenvalue weighted by molar-refractivity contribution is 6.39. The lowest BCUT2D eigenvalue weighted by atomic mass is 9.94. The molecule has 28 heavy (non-hydrogen) atoms. The molecule has 0 aromatic heterocycles. The molecule has 6 nitrogen and oxygen atoms in total. The van der Waals surface area contributed by atoms with E-state index in [1.165, 1.54) is 13.1 Å². The second-order valence-electron chi connectivity index (χ2n) is 6.63. The van der Waals surface area contributed by atoms with Gasteiger partial charge in [0, 0.05) is 24.8 Å². The quantitative estimate of drug-likeness (QED) is 0.696. The Balaban J connectivity index is 1.75. The van der Waals surface area contributed by atoms with E-state index in [0.717, 1.165) is 33.7 Å². The summed E-state index contributed by atoms with van der Waals surface area (Å²) >= 11 is 0. The van der Waals surface area contributed by atoms with Crippen molar-refractivity contribution >= 4 is 17.5 Å². The minimum Gasteiger partial charge on any atom is -0.392 e. The summed E-state index contributed by atoms with van der Waals surface area (Å²) < 4.78 is 27.6. The maximum Gasteiger partial charge on any atom is 0.313 e. The van der Waals surface area contributed by atoms with Crippen LogP contribution in [0.4, 0.5) is 14.5 Å². The van der Waals surface area contributed by atoms with Gasteiger partial charge in [-0.05, 0) is 47.9 Å². The zero-order valence-electron chi connectivity index (χ0n) is 15.4. The van der Waals surface area contributed by atoms with Crippen LogP contribution in [0.1, 0.15) is 22.3 Å². The molecular formula is C20H21F2N3O3. The summed E-state index contributed by atoms with van der Waals surface area (Å²) in [4.78, 5) is 25.7. The van der Waals surface area contributed by atoms with Crippen LogP contribution in [0, 0.1) is 11.6 Å². The third-order valence-electron chi connectivity index (χ3n) is 4.80. The number of halogens is 2. The predicted octanol–water partition coefficient (Wildman–Crippen LogP) is 1.70. The molecule has 0 spiro atoms. The van der Waals surface area contributed by atoms with Crippen molar-refractivity contribution < 1.29 is 23.5 Å². The van der Waals surface area contributed by atoms with E-state index in [4.69, 9.17) is 0 Å². The van der Waals surface area contributed by atoms with E-state index in [9.17, 15) is 23.5 Å². The molecule has 0 atom stereocenters. The molecule has 0 unspecified atom stereocenters. The van der Waals surface area contributed by atoms with E-state index >= 15 is 0 Å². The second-order valence-corrected chi connectivity index (χ2v) is 6.63. The van der Waals surface area contributed by atoms with E-state index in [0.29, 0.717) is 25.2 Å². The number of nitrogens with zero attached hydrogens (tertiary/aromatic N) is 1. The lowest BCUT2D eigenvalue weighted by Gasteiger charge is -2.24. The molecule has 3 N–H and O–H groups in total. The van der Waals surface area contributed by atoms with Crippen molar-refractivity contribution in [3.8, 4) is 0 Å². The van der Waals surface area contributed by atoms with Crippen LogP contribution >= 0.6 is 0 Å². The van der Waals surface area contributed by atoms with E-state index in [1.807, 2.05) is 0 Å². The highest BCUT2D eigenvalue weighted by Gasteiger charge is 2.24. The zero-order valence-corrected chi connectivity index (χ0v) is 15.4. The van der Waals surface area contributed by atoms with E-state index in [-0.39, 0.29) is 18.7 Å². The van der Waals surface area contributed by atoms with Gasteiger partial charge in [-0.15, -0.1) is 0 Å². The smallest absolute Gasteiger partial charge is 0.313 e. The van der Waals surface area contributed by atoms with Crippen LogP contribution in [0.2, 0.25) is 0 Å². The normalized spacial score (nSPS) is 13.0. The minimum atomic E-state index is -0.906. The van der Waals surface area contributed by atoms with Crippen LogP contribution in [0.25, 0.3) is 0 Å². The van der Waals surface area contributed by atoms with Gasteiger partial charge in [0.25, 0.3) is 0 Å². The minimum absolute atomic E-state index is 0.117. The lowest BCUT2D eigenvalue weighted by Crippen LogP contribution is -2.37. The number of aliphatic hydroxyl groups excluding tert-OH is 1. The Labute approximate surface area is 161 Å². The molecule has 8 heteroatoms. The van der Waals surface area contributed by atoms with E-state index < -0.39 is 23.4 Å². The van der Waals surface area contributed by atoms with E-state index in [2.05, 4.69) is 10.6 Å². The molecule has 0 saturated carbocycles. The molecule has 1 heterocycles. The third-order valence-corrected chi connectivity index (χ3v) is 4.80. The number of benzene rings is 2. The largest absolute Gasteiger partial charge is 0.392 e. The van der Waals surface area contributed by atoms with E-state index in [1.54, 1.807) is 12.1 Å². The second kappa shape index (κ2) is 8.45. The fraction of sp³-hybridized carbons (Fsp3) is 0.300. The SMILES string of the molecule is CN(Cc1c(F)cccc1F)C(=O)C(=O)Nc1ccc(CO)c2c1CCNC2. The first-order valence-electron chi connectivity index (χ1n) is 8.87. The van der Waals surface area contributed by atoms with Gasteiger partial charge in [0.05, 0.1) is 13.2 Å². The Hall–Kier alpha value is -2.84. The van der Waals surface area contributed by atoms with Crippen LogP contribution in [0.3, 0.4) is 0 Å². The van der Waals surface area contributed by atoms with Crippen molar-refractivity contribution in [3.05, 3.63) is 64.2 Å². The average molecular weight is 389 g/mol. The van der Waals surface area contributed by atoms with Crippen molar-refractivity contribution in [1.82, 2.24) is 10.2 Å². The van der Waals surface area contributed by atoms with Crippen LogP contribution in [0.15, 0.2) is 30.3 Å². The maximum atomic E-state index is 13.8. The molecule has 0 aliphatic carbocycles. The molecule has 3 rings (SSSR count). The van der Waals surface area contributed by atoms with Gasteiger partial charge in [-0.2, -0.15) is 0 Å². The first kappa shape index (κ1) is 19.9. The summed E-state index contributed by atoms with van der Waals surface area (Å²) in [5, 5.41) is 15.3. The summed E-state index contributed by atoms with van der Waals surface area (Å²) in [5.74, 6) is -3.35.